The molecule has 0 N–H and O–H groups in total. The predicted molar refractivity (Wildman–Crippen MR) is 95.1 cm³/mol. The number of likely N-dealkylation sites (tertiary alicyclic amines) is 1. The molecule has 1 saturated heterocycles. The first kappa shape index (κ1) is 14.6. The quantitative estimate of drug-likeness (QED) is 0.725. The van der Waals surface area contributed by atoms with Crippen molar-refractivity contribution >= 4 is 21.6 Å². The minimum Gasteiger partial charge on any atom is -0.306 e. The van der Waals surface area contributed by atoms with Gasteiger partial charge in [0, 0.05) is 17.0 Å². The van der Waals surface area contributed by atoms with Gasteiger partial charge in [-0.3, -0.25) is 9.36 Å². The summed E-state index contributed by atoms with van der Waals surface area (Å²) >= 11 is 1.51. The molecule has 0 aliphatic carbocycles. The summed E-state index contributed by atoms with van der Waals surface area (Å²) in [6.45, 7) is 2.07. The summed E-state index contributed by atoms with van der Waals surface area (Å²) in [6, 6.07) is 10.4. The molecule has 1 aliphatic heterocycles. The molecule has 0 radical (unpaired) electrons. The molecule has 5 heteroatoms. The van der Waals surface area contributed by atoms with E-state index in [2.05, 4.69) is 29.1 Å². The van der Waals surface area contributed by atoms with Gasteiger partial charge in [0.15, 0.2) is 0 Å². The van der Waals surface area contributed by atoms with Gasteiger partial charge >= 0.3 is 0 Å². The number of hydrogen-bond donors (Lipinski definition) is 0. The molecule has 3 heterocycles. The maximum absolute atomic E-state index is 12.9. The van der Waals surface area contributed by atoms with E-state index in [0.717, 1.165) is 47.3 Å². The maximum Gasteiger partial charge on any atom is 0.271 e. The van der Waals surface area contributed by atoms with E-state index in [-0.39, 0.29) is 11.6 Å². The molecular formula is C18H19N3OS. The lowest BCUT2D eigenvalue weighted by molar-refractivity contribution is 0.218. The van der Waals surface area contributed by atoms with Crippen LogP contribution in [0.3, 0.4) is 0 Å². The number of hydrogen-bond acceptors (Lipinski definition) is 4. The number of benzene rings is 1. The summed E-state index contributed by atoms with van der Waals surface area (Å²) in [5.41, 5.74) is 3.10. The molecule has 4 rings (SSSR count). The summed E-state index contributed by atoms with van der Waals surface area (Å²) in [6.07, 6.45) is 3.78. The van der Waals surface area contributed by atoms with Gasteiger partial charge in [0.1, 0.15) is 4.70 Å². The Bertz CT molecular complexity index is 876. The Morgan fingerprint density at radius 3 is 2.65 bits per heavy atom. The van der Waals surface area contributed by atoms with Gasteiger partial charge in [0.2, 0.25) is 0 Å². The Balaban J connectivity index is 1.77. The van der Waals surface area contributed by atoms with Crippen molar-refractivity contribution in [2.75, 3.05) is 20.1 Å². The van der Waals surface area contributed by atoms with Crippen LogP contribution in [0.2, 0.25) is 0 Å². The highest BCUT2D eigenvalue weighted by Crippen LogP contribution is 2.31. The molecule has 3 aromatic rings. The zero-order chi connectivity index (χ0) is 15.8. The van der Waals surface area contributed by atoms with Crippen LogP contribution in [0.1, 0.15) is 18.9 Å². The molecule has 0 bridgehead atoms. The average Bonchev–Trinajstić information content (AvgIpc) is 3.02. The second-order valence-corrected chi connectivity index (χ2v) is 7.06. The van der Waals surface area contributed by atoms with Crippen molar-refractivity contribution in [3.8, 4) is 11.1 Å². The van der Waals surface area contributed by atoms with E-state index in [1.54, 1.807) is 6.33 Å². The van der Waals surface area contributed by atoms with E-state index in [1.165, 1.54) is 11.3 Å². The fourth-order valence-electron chi connectivity index (χ4n) is 3.28. The first-order valence-electron chi connectivity index (χ1n) is 7.96. The van der Waals surface area contributed by atoms with E-state index in [9.17, 15) is 4.79 Å². The van der Waals surface area contributed by atoms with Gasteiger partial charge in [0.25, 0.3) is 5.56 Å². The smallest absolute Gasteiger partial charge is 0.271 e. The number of nitrogens with zero attached hydrogens (tertiary/aromatic N) is 3. The van der Waals surface area contributed by atoms with E-state index in [0.29, 0.717) is 0 Å². The number of rotatable bonds is 2. The Hall–Kier alpha value is -1.98. The molecule has 1 aromatic carbocycles. The van der Waals surface area contributed by atoms with E-state index < -0.39 is 0 Å². The van der Waals surface area contributed by atoms with Gasteiger partial charge in [-0.1, -0.05) is 30.3 Å². The molecule has 4 nitrogen and oxygen atoms in total. The van der Waals surface area contributed by atoms with Crippen LogP contribution in [0.25, 0.3) is 21.3 Å². The molecule has 1 aliphatic rings. The summed E-state index contributed by atoms with van der Waals surface area (Å²) in [5, 5.41) is 2.05. The highest BCUT2D eigenvalue weighted by molar-refractivity contribution is 7.17. The fraction of sp³-hybridized carbons (Fsp3) is 0.333. The van der Waals surface area contributed by atoms with Crippen LogP contribution < -0.4 is 5.56 Å². The Morgan fingerprint density at radius 2 is 1.91 bits per heavy atom. The SMILES string of the molecule is CN1CCC(n2cnc3c(-c4ccccc4)csc3c2=O)CC1. The summed E-state index contributed by atoms with van der Waals surface area (Å²) in [4.78, 5) is 19.8. The van der Waals surface area contributed by atoms with Crippen LogP contribution in [-0.4, -0.2) is 34.6 Å². The third-order valence-corrected chi connectivity index (χ3v) is 5.63. The zero-order valence-electron chi connectivity index (χ0n) is 13.1. The van der Waals surface area contributed by atoms with E-state index >= 15 is 0 Å². The van der Waals surface area contributed by atoms with Crippen molar-refractivity contribution in [3.63, 3.8) is 0 Å². The summed E-state index contributed by atoms with van der Waals surface area (Å²) < 4.78 is 2.62. The van der Waals surface area contributed by atoms with Crippen molar-refractivity contribution in [1.29, 1.82) is 0 Å². The van der Waals surface area contributed by atoms with E-state index in [1.807, 2.05) is 28.1 Å². The fourth-order valence-corrected chi connectivity index (χ4v) is 4.24. The third kappa shape index (κ3) is 2.60. The Morgan fingerprint density at radius 1 is 1.17 bits per heavy atom. The van der Waals surface area contributed by atoms with Crippen LogP contribution in [0, 0.1) is 0 Å². The highest BCUT2D eigenvalue weighted by Gasteiger charge is 2.21. The van der Waals surface area contributed by atoms with Crippen LogP contribution in [0.5, 0.6) is 0 Å². The molecule has 0 unspecified atom stereocenters. The Labute approximate surface area is 139 Å². The van der Waals surface area contributed by atoms with Crippen molar-refractivity contribution in [3.05, 3.63) is 52.4 Å². The Kier molecular flexibility index (Phi) is 3.75. The minimum atomic E-state index is 0.108. The number of fused-ring (bicyclic) bond motifs is 1. The second-order valence-electron chi connectivity index (χ2n) is 6.18. The lowest BCUT2D eigenvalue weighted by Crippen LogP contribution is -2.35. The molecule has 1 fully saturated rings. The number of piperidine rings is 1. The standard InChI is InChI=1S/C18H19N3OS/c1-20-9-7-14(8-10-20)21-12-19-16-15(11-23-17(16)18(21)22)13-5-3-2-4-6-13/h2-6,11-12,14H,7-10H2,1H3. The third-order valence-electron chi connectivity index (χ3n) is 4.67. The van der Waals surface area contributed by atoms with Crippen molar-refractivity contribution < 1.29 is 0 Å². The minimum absolute atomic E-state index is 0.108. The van der Waals surface area contributed by atoms with Crippen molar-refractivity contribution in [2.45, 2.75) is 18.9 Å². The van der Waals surface area contributed by atoms with Crippen molar-refractivity contribution in [2.24, 2.45) is 0 Å². The van der Waals surface area contributed by atoms with E-state index in [4.69, 9.17) is 0 Å². The van der Waals surface area contributed by atoms with Gasteiger partial charge in [-0.05, 0) is 38.5 Å². The van der Waals surface area contributed by atoms with Crippen LogP contribution in [-0.2, 0) is 0 Å². The lowest BCUT2D eigenvalue weighted by Gasteiger charge is -2.29. The van der Waals surface area contributed by atoms with Crippen LogP contribution >= 0.6 is 11.3 Å². The molecule has 23 heavy (non-hydrogen) atoms. The van der Waals surface area contributed by atoms with Gasteiger partial charge < -0.3 is 4.90 Å². The van der Waals surface area contributed by atoms with Crippen LogP contribution in [0.15, 0.2) is 46.8 Å². The number of aromatic nitrogens is 2. The normalized spacial score (nSPS) is 16.9. The molecule has 2 aromatic heterocycles. The molecule has 0 amide bonds. The van der Waals surface area contributed by atoms with Crippen LogP contribution in [0.4, 0.5) is 0 Å². The predicted octanol–water partition coefficient (Wildman–Crippen LogP) is 3.39. The zero-order valence-corrected chi connectivity index (χ0v) is 13.9. The van der Waals surface area contributed by atoms with Crippen molar-refractivity contribution in [1.82, 2.24) is 14.5 Å². The molecular weight excluding hydrogens is 306 g/mol. The topological polar surface area (TPSA) is 38.1 Å². The summed E-state index contributed by atoms with van der Waals surface area (Å²) in [7, 11) is 2.13. The first-order chi connectivity index (χ1) is 11.2. The number of thiophene rings is 1. The highest BCUT2D eigenvalue weighted by atomic mass is 32.1. The molecule has 118 valence electrons. The summed E-state index contributed by atoms with van der Waals surface area (Å²) in [5.74, 6) is 0. The van der Waals surface area contributed by atoms with Gasteiger partial charge in [-0.25, -0.2) is 4.98 Å². The monoisotopic (exact) mass is 325 g/mol. The molecule has 0 spiro atoms. The second kappa shape index (κ2) is 5.91. The molecule has 0 saturated carbocycles. The molecule has 0 atom stereocenters. The maximum atomic E-state index is 12.9. The lowest BCUT2D eigenvalue weighted by atomic mass is 10.1. The largest absolute Gasteiger partial charge is 0.306 e. The van der Waals surface area contributed by atoms with Gasteiger partial charge in [-0.15, -0.1) is 11.3 Å². The average molecular weight is 325 g/mol. The first-order valence-corrected chi connectivity index (χ1v) is 8.84. The van der Waals surface area contributed by atoms with Gasteiger partial charge in [-0.2, -0.15) is 0 Å². The van der Waals surface area contributed by atoms with Gasteiger partial charge in [0.05, 0.1) is 11.8 Å².